The molecule has 86 valence electrons. The number of nitrogen functional groups attached to an aromatic ring is 1. The van der Waals surface area contributed by atoms with Gasteiger partial charge in [0, 0.05) is 15.8 Å². The van der Waals surface area contributed by atoms with Gasteiger partial charge in [-0.3, -0.25) is 4.79 Å². The summed E-state index contributed by atoms with van der Waals surface area (Å²) >= 11 is 1.76. The maximum Gasteiger partial charge on any atom is 0.249 e. The molecule has 4 heteroatoms. The molecule has 1 aromatic rings. The van der Waals surface area contributed by atoms with Crippen LogP contribution in [0.4, 0.5) is 5.69 Å². The van der Waals surface area contributed by atoms with Crippen LogP contribution in [0.2, 0.25) is 0 Å². The summed E-state index contributed by atoms with van der Waals surface area (Å²) in [5, 5.41) is 0.627. The number of hydrogen-bond acceptors (Lipinski definition) is 3. The molecule has 2 rings (SSSR count). The smallest absolute Gasteiger partial charge is 0.249 e. The van der Waals surface area contributed by atoms with Crippen LogP contribution in [-0.4, -0.2) is 11.2 Å². The Balaban J connectivity index is 2.21. The number of carbonyl (C=O) groups excluding carboxylic acids is 1. The van der Waals surface area contributed by atoms with Gasteiger partial charge in [0.2, 0.25) is 5.91 Å². The molecule has 1 fully saturated rings. The molecule has 0 unspecified atom stereocenters. The summed E-state index contributed by atoms with van der Waals surface area (Å²) in [7, 11) is 0. The van der Waals surface area contributed by atoms with Crippen LogP contribution >= 0.6 is 11.8 Å². The first kappa shape index (κ1) is 11.3. The zero-order valence-electron chi connectivity index (χ0n) is 9.11. The van der Waals surface area contributed by atoms with E-state index in [9.17, 15) is 4.79 Å². The number of amides is 1. The van der Waals surface area contributed by atoms with Gasteiger partial charge in [-0.05, 0) is 31.0 Å². The van der Waals surface area contributed by atoms with E-state index in [4.69, 9.17) is 11.5 Å². The zero-order valence-corrected chi connectivity index (χ0v) is 9.93. The lowest BCUT2D eigenvalue weighted by Crippen LogP contribution is -2.13. The molecule has 1 amide bonds. The van der Waals surface area contributed by atoms with Crippen LogP contribution in [-0.2, 0) is 0 Å². The third kappa shape index (κ3) is 2.50. The fourth-order valence-electron chi connectivity index (χ4n) is 2.03. The van der Waals surface area contributed by atoms with E-state index < -0.39 is 5.91 Å². The minimum atomic E-state index is -0.396. The summed E-state index contributed by atoms with van der Waals surface area (Å²) < 4.78 is 0. The van der Waals surface area contributed by atoms with E-state index in [0.717, 1.165) is 4.90 Å². The molecule has 0 heterocycles. The number of anilines is 1. The molecule has 16 heavy (non-hydrogen) atoms. The van der Waals surface area contributed by atoms with Gasteiger partial charge in [-0.15, -0.1) is 11.8 Å². The first-order valence-corrected chi connectivity index (χ1v) is 6.41. The van der Waals surface area contributed by atoms with Crippen molar-refractivity contribution in [2.24, 2.45) is 5.73 Å². The standard InChI is InChI=1S/C12H16N2OS/c13-8-5-6-11(10(7-8)12(14)15)16-9-3-1-2-4-9/h5-7,9H,1-4,13H2,(H2,14,15). The van der Waals surface area contributed by atoms with Crippen molar-refractivity contribution in [2.75, 3.05) is 5.73 Å². The average Bonchev–Trinajstić information content (AvgIpc) is 2.73. The van der Waals surface area contributed by atoms with Crippen molar-refractivity contribution >= 4 is 23.4 Å². The van der Waals surface area contributed by atoms with Crippen molar-refractivity contribution in [1.29, 1.82) is 0 Å². The Bertz CT molecular complexity index is 400. The Labute approximate surface area is 99.6 Å². The van der Waals surface area contributed by atoms with Crippen LogP contribution in [0.3, 0.4) is 0 Å². The Morgan fingerprint density at radius 2 is 2.00 bits per heavy atom. The predicted molar refractivity (Wildman–Crippen MR) is 67.5 cm³/mol. The maximum absolute atomic E-state index is 11.3. The molecule has 0 spiro atoms. The fraction of sp³-hybridized carbons (Fsp3) is 0.417. The van der Waals surface area contributed by atoms with E-state index in [1.165, 1.54) is 25.7 Å². The predicted octanol–water partition coefficient (Wildman–Crippen LogP) is 2.40. The van der Waals surface area contributed by atoms with Gasteiger partial charge >= 0.3 is 0 Å². The topological polar surface area (TPSA) is 69.1 Å². The molecule has 1 aliphatic rings. The first-order valence-electron chi connectivity index (χ1n) is 5.53. The molecular formula is C12H16N2OS. The minimum absolute atomic E-state index is 0.396. The SMILES string of the molecule is NC(=O)c1cc(N)ccc1SC1CCCC1. The number of primary amides is 1. The molecule has 0 radical (unpaired) electrons. The number of hydrogen-bond donors (Lipinski definition) is 2. The molecule has 1 aromatic carbocycles. The lowest BCUT2D eigenvalue weighted by molar-refractivity contribution is 0.0997. The largest absolute Gasteiger partial charge is 0.399 e. The highest BCUT2D eigenvalue weighted by atomic mass is 32.2. The average molecular weight is 236 g/mol. The number of rotatable bonds is 3. The molecule has 4 N–H and O–H groups in total. The Morgan fingerprint density at radius 1 is 1.31 bits per heavy atom. The highest BCUT2D eigenvalue weighted by Gasteiger charge is 2.19. The zero-order chi connectivity index (χ0) is 11.5. The van der Waals surface area contributed by atoms with Crippen molar-refractivity contribution in [3.05, 3.63) is 23.8 Å². The second-order valence-electron chi connectivity index (χ2n) is 4.14. The second-order valence-corrected chi connectivity index (χ2v) is 5.49. The molecule has 0 aliphatic heterocycles. The molecule has 0 aromatic heterocycles. The lowest BCUT2D eigenvalue weighted by atomic mass is 10.2. The monoisotopic (exact) mass is 236 g/mol. The maximum atomic E-state index is 11.3. The van der Waals surface area contributed by atoms with Crippen molar-refractivity contribution < 1.29 is 4.79 Å². The number of nitrogens with two attached hydrogens (primary N) is 2. The quantitative estimate of drug-likeness (QED) is 0.792. The third-order valence-corrected chi connectivity index (χ3v) is 4.28. The normalized spacial score (nSPS) is 16.5. The van der Waals surface area contributed by atoms with Crippen LogP contribution < -0.4 is 11.5 Å². The van der Waals surface area contributed by atoms with E-state index in [1.807, 2.05) is 12.1 Å². The minimum Gasteiger partial charge on any atom is -0.399 e. The van der Waals surface area contributed by atoms with Gasteiger partial charge in [-0.1, -0.05) is 12.8 Å². The van der Waals surface area contributed by atoms with E-state index >= 15 is 0 Å². The molecule has 0 saturated heterocycles. The van der Waals surface area contributed by atoms with Gasteiger partial charge in [0.05, 0.1) is 5.56 Å². The number of thioether (sulfide) groups is 1. The van der Waals surface area contributed by atoms with Crippen molar-refractivity contribution in [3.63, 3.8) is 0 Å². The van der Waals surface area contributed by atoms with E-state index in [1.54, 1.807) is 17.8 Å². The van der Waals surface area contributed by atoms with Gasteiger partial charge in [0.15, 0.2) is 0 Å². The first-order chi connectivity index (χ1) is 7.66. The van der Waals surface area contributed by atoms with Crippen molar-refractivity contribution in [1.82, 2.24) is 0 Å². The van der Waals surface area contributed by atoms with Gasteiger partial charge in [0.1, 0.15) is 0 Å². The summed E-state index contributed by atoms with van der Waals surface area (Å²) in [5.74, 6) is -0.396. The molecular weight excluding hydrogens is 220 g/mol. The molecule has 1 aliphatic carbocycles. The van der Waals surface area contributed by atoms with E-state index in [2.05, 4.69) is 0 Å². The highest BCUT2D eigenvalue weighted by Crippen LogP contribution is 2.36. The van der Waals surface area contributed by atoms with Gasteiger partial charge in [-0.2, -0.15) is 0 Å². The van der Waals surface area contributed by atoms with Gasteiger partial charge in [0.25, 0.3) is 0 Å². The fourth-order valence-corrected chi connectivity index (χ4v) is 3.39. The van der Waals surface area contributed by atoms with Gasteiger partial charge < -0.3 is 11.5 Å². The third-order valence-electron chi connectivity index (χ3n) is 2.86. The van der Waals surface area contributed by atoms with Crippen LogP contribution in [0, 0.1) is 0 Å². The van der Waals surface area contributed by atoms with E-state index in [0.29, 0.717) is 16.5 Å². The van der Waals surface area contributed by atoms with Crippen LogP contribution in [0.15, 0.2) is 23.1 Å². The Kier molecular flexibility index (Phi) is 3.39. The Hall–Kier alpha value is -1.16. The summed E-state index contributed by atoms with van der Waals surface area (Å²) in [5.41, 5.74) is 12.1. The van der Waals surface area contributed by atoms with Crippen LogP contribution in [0.5, 0.6) is 0 Å². The number of carbonyl (C=O) groups is 1. The highest BCUT2D eigenvalue weighted by molar-refractivity contribution is 8.00. The van der Waals surface area contributed by atoms with Crippen LogP contribution in [0.25, 0.3) is 0 Å². The summed E-state index contributed by atoms with van der Waals surface area (Å²) in [6, 6.07) is 5.39. The molecule has 1 saturated carbocycles. The molecule has 0 bridgehead atoms. The van der Waals surface area contributed by atoms with Crippen molar-refractivity contribution in [3.8, 4) is 0 Å². The summed E-state index contributed by atoms with van der Waals surface area (Å²) in [6.07, 6.45) is 5.04. The van der Waals surface area contributed by atoms with Gasteiger partial charge in [-0.25, -0.2) is 0 Å². The molecule has 0 atom stereocenters. The second kappa shape index (κ2) is 4.78. The summed E-state index contributed by atoms with van der Waals surface area (Å²) in [4.78, 5) is 12.3. The van der Waals surface area contributed by atoms with Crippen molar-refractivity contribution in [2.45, 2.75) is 35.8 Å². The summed E-state index contributed by atoms with van der Waals surface area (Å²) in [6.45, 7) is 0. The van der Waals surface area contributed by atoms with E-state index in [-0.39, 0.29) is 0 Å². The number of benzene rings is 1. The lowest BCUT2D eigenvalue weighted by Gasteiger charge is -2.11. The van der Waals surface area contributed by atoms with Crippen LogP contribution in [0.1, 0.15) is 36.0 Å². The Morgan fingerprint density at radius 3 is 2.62 bits per heavy atom. The molecule has 3 nitrogen and oxygen atoms in total.